The fourth-order valence-corrected chi connectivity index (χ4v) is 3.35. The van der Waals surface area contributed by atoms with E-state index in [-0.39, 0.29) is 12.5 Å². The van der Waals surface area contributed by atoms with E-state index in [9.17, 15) is 4.79 Å². The molecule has 2 aromatic carbocycles. The monoisotopic (exact) mass is 341 g/mol. The fourth-order valence-electron chi connectivity index (χ4n) is 3.35. The number of fused-ring (bicyclic) bond motifs is 5. The summed E-state index contributed by atoms with van der Waals surface area (Å²) >= 11 is 0. The number of hydroxylamine groups is 1. The molecule has 1 aliphatic heterocycles. The van der Waals surface area contributed by atoms with Gasteiger partial charge in [0.15, 0.2) is 0 Å². The number of H-pyrrole nitrogens is 1. The van der Waals surface area contributed by atoms with Crippen LogP contribution in [0.15, 0.2) is 54.7 Å². The number of nitrogens with zero attached hydrogens (tertiary/aromatic N) is 1. The van der Waals surface area contributed by atoms with Gasteiger partial charge in [0.25, 0.3) is 5.91 Å². The van der Waals surface area contributed by atoms with E-state index in [2.05, 4.69) is 39.7 Å². The number of carbonyl (C=O) groups excluding carboxylic acids is 1. The van der Waals surface area contributed by atoms with E-state index in [0.717, 1.165) is 32.9 Å². The molecule has 0 spiro atoms. The van der Waals surface area contributed by atoms with Gasteiger partial charge in [0, 0.05) is 22.7 Å². The Balaban J connectivity index is 1.66. The number of aromatic nitrogens is 2. The minimum Gasteiger partial charge on any atom is -0.361 e. The van der Waals surface area contributed by atoms with Crippen molar-refractivity contribution in [2.45, 2.75) is 6.61 Å². The Labute approximate surface area is 149 Å². The lowest BCUT2D eigenvalue weighted by molar-refractivity contribution is 0.0145. The van der Waals surface area contributed by atoms with Crippen LogP contribution < -0.4 is 5.48 Å². The predicted molar refractivity (Wildman–Crippen MR) is 101 cm³/mol. The van der Waals surface area contributed by atoms with Gasteiger partial charge in [-0.15, -0.1) is 0 Å². The Hall–Kier alpha value is -3.44. The molecule has 5 heteroatoms. The molecule has 3 heterocycles. The highest BCUT2D eigenvalue weighted by atomic mass is 16.7. The average Bonchev–Trinajstić information content (AvgIpc) is 3.07. The number of hydrogen-bond donors (Lipinski definition) is 2. The van der Waals surface area contributed by atoms with Crippen LogP contribution in [0.25, 0.3) is 33.8 Å². The smallest absolute Gasteiger partial charge is 0.277 e. The van der Waals surface area contributed by atoms with E-state index in [0.29, 0.717) is 11.3 Å². The Kier molecular flexibility index (Phi) is 3.33. The predicted octanol–water partition coefficient (Wildman–Crippen LogP) is 4.06. The highest BCUT2D eigenvalue weighted by Crippen LogP contribution is 2.31. The van der Waals surface area contributed by atoms with Crippen molar-refractivity contribution in [1.82, 2.24) is 15.4 Å². The lowest BCUT2D eigenvalue weighted by Crippen LogP contribution is -2.29. The van der Waals surface area contributed by atoms with Gasteiger partial charge in [0.2, 0.25) is 0 Å². The molecule has 0 saturated carbocycles. The number of carbonyl (C=O) groups is 1. The first-order valence-corrected chi connectivity index (χ1v) is 8.38. The van der Waals surface area contributed by atoms with Crippen LogP contribution in [0.1, 0.15) is 27.3 Å². The second-order valence-corrected chi connectivity index (χ2v) is 6.25. The van der Waals surface area contributed by atoms with E-state index in [1.165, 1.54) is 0 Å². The van der Waals surface area contributed by atoms with Gasteiger partial charge in [-0.3, -0.25) is 9.63 Å². The fraction of sp³-hybridized carbons (Fsp3) is 0.0476. The van der Waals surface area contributed by atoms with Gasteiger partial charge in [-0.25, -0.2) is 10.5 Å². The van der Waals surface area contributed by atoms with Crippen molar-refractivity contribution in [3.63, 3.8) is 0 Å². The molecule has 1 amide bonds. The zero-order chi connectivity index (χ0) is 17.5. The highest BCUT2D eigenvalue weighted by molar-refractivity contribution is 6.15. The van der Waals surface area contributed by atoms with Crippen molar-refractivity contribution in [2.24, 2.45) is 0 Å². The summed E-state index contributed by atoms with van der Waals surface area (Å²) in [4.78, 5) is 25.2. The van der Waals surface area contributed by atoms with Gasteiger partial charge in [-0.1, -0.05) is 48.5 Å². The summed E-state index contributed by atoms with van der Waals surface area (Å²) in [6.07, 6.45) is 6.05. The molecule has 5 nitrogen and oxygen atoms in total. The molecule has 126 valence electrons. The van der Waals surface area contributed by atoms with Gasteiger partial charge < -0.3 is 4.98 Å². The van der Waals surface area contributed by atoms with Gasteiger partial charge in [-0.2, -0.15) is 0 Å². The summed E-state index contributed by atoms with van der Waals surface area (Å²) in [5, 5.41) is 2.92. The molecule has 0 bridgehead atoms. The average molecular weight is 341 g/mol. The Bertz CT molecular complexity index is 1180. The van der Waals surface area contributed by atoms with Crippen molar-refractivity contribution in [1.29, 1.82) is 0 Å². The summed E-state index contributed by atoms with van der Waals surface area (Å²) in [7, 11) is 0. The lowest BCUT2D eigenvalue weighted by Gasteiger charge is -2.11. The molecule has 0 unspecified atom stereocenters. The second kappa shape index (κ2) is 5.82. The topological polar surface area (TPSA) is 67.0 Å². The highest BCUT2D eigenvalue weighted by Gasteiger charge is 2.24. The maximum Gasteiger partial charge on any atom is 0.277 e. The molecule has 0 radical (unpaired) electrons. The third-order valence-electron chi connectivity index (χ3n) is 4.61. The van der Waals surface area contributed by atoms with Crippen molar-refractivity contribution in [3.8, 4) is 0 Å². The number of nitrogens with one attached hydrogen (secondary N) is 2. The molecule has 0 saturated heterocycles. The summed E-state index contributed by atoms with van der Waals surface area (Å²) in [6.45, 7) is 0.289. The molecule has 0 fully saturated rings. The summed E-state index contributed by atoms with van der Waals surface area (Å²) in [5.41, 5.74) is 6.65. The quantitative estimate of drug-likeness (QED) is 0.578. The first kappa shape index (κ1) is 14.9. The van der Waals surface area contributed by atoms with Crippen LogP contribution in [0.5, 0.6) is 0 Å². The van der Waals surface area contributed by atoms with Gasteiger partial charge in [0.1, 0.15) is 6.61 Å². The van der Waals surface area contributed by atoms with Gasteiger partial charge >= 0.3 is 0 Å². The normalized spacial score (nSPS) is 14.1. The zero-order valence-electron chi connectivity index (χ0n) is 13.8. The van der Waals surface area contributed by atoms with Crippen LogP contribution in [0.4, 0.5) is 0 Å². The standard InChI is InChI=1S/C21H15N3O2/c25-21-19-16-9-7-14-11-22-15(8-6-13-4-2-1-3-5-13)10-17(14)20(16)23-18(19)12-26-24-21/h1-11,22H,12H2,(H,24,25)/b8-6+. The van der Waals surface area contributed by atoms with Gasteiger partial charge in [-0.05, 0) is 23.1 Å². The zero-order valence-corrected chi connectivity index (χ0v) is 13.8. The van der Waals surface area contributed by atoms with E-state index in [1.54, 1.807) is 0 Å². The largest absolute Gasteiger partial charge is 0.361 e. The Morgan fingerprint density at radius 2 is 1.92 bits per heavy atom. The summed E-state index contributed by atoms with van der Waals surface area (Å²) < 4.78 is 0. The van der Waals surface area contributed by atoms with E-state index < -0.39 is 0 Å². The molecular formula is C21H15N3O2. The number of pyridine rings is 1. The van der Waals surface area contributed by atoms with Crippen LogP contribution in [-0.4, -0.2) is 15.9 Å². The van der Waals surface area contributed by atoms with Crippen LogP contribution in [0, 0.1) is 0 Å². The molecule has 0 aliphatic carbocycles. The van der Waals surface area contributed by atoms with Crippen molar-refractivity contribution in [3.05, 3.63) is 77.2 Å². The number of benzene rings is 2. The lowest BCUT2D eigenvalue weighted by atomic mass is 10.0. The molecule has 26 heavy (non-hydrogen) atoms. The molecule has 0 atom stereocenters. The first-order valence-electron chi connectivity index (χ1n) is 8.38. The van der Waals surface area contributed by atoms with Crippen LogP contribution in [0.2, 0.25) is 0 Å². The maximum absolute atomic E-state index is 12.1. The third-order valence-corrected chi connectivity index (χ3v) is 4.61. The summed E-state index contributed by atoms with van der Waals surface area (Å²) in [5.74, 6) is -0.236. The second-order valence-electron chi connectivity index (χ2n) is 6.25. The SMILES string of the molecule is O=C1NOCc2nc3c(ccc4c[nH]c(/C=C/c5ccccc5)cc43)c21. The Morgan fingerprint density at radius 3 is 2.81 bits per heavy atom. The maximum atomic E-state index is 12.1. The number of aromatic amines is 1. The van der Waals surface area contributed by atoms with Crippen molar-refractivity contribution in [2.75, 3.05) is 0 Å². The van der Waals surface area contributed by atoms with E-state index >= 15 is 0 Å². The van der Waals surface area contributed by atoms with Crippen LogP contribution >= 0.6 is 0 Å². The number of hydrogen-bond acceptors (Lipinski definition) is 3. The molecule has 4 aromatic rings. The van der Waals surface area contributed by atoms with E-state index in [4.69, 9.17) is 4.84 Å². The third kappa shape index (κ3) is 2.37. The van der Waals surface area contributed by atoms with Crippen molar-refractivity contribution >= 4 is 39.7 Å². The van der Waals surface area contributed by atoms with E-state index in [1.807, 2.05) is 42.6 Å². The van der Waals surface area contributed by atoms with Gasteiger partial charge in [0.05, 0.1) is 16.8 Å². The first-order chi connectivity index (χ1) is 12.8. The number of rotatable bonds is 2. The minimum absolute atomic E-state index is 0.236. The minimum atomic E-state index is -0.236. The summed E-state index contributed by atoms with van der Waals surface area (Å²) in [6, 6.07) is 16.2. The molecule has 2 aromatic heterocycles. The molecular weight excluding hydrogens is 326 g/mol. The number of amides is 1. The van der Waals surface area contributed by atoms with Crippen molar-refractivity contribution < 1.29 is 9.63 Å². The van der Waals surface area contributed by atoms with Crippen LogP contribution in [-0.2, 0) is 11.4 Å². The molecule has 5 rings (SSSR count). The molecule has 2 N–H and O–H groups in total. The molecule has 1 aliphatic rings. The Morgan fingerprint density at radius 1 is 1.04 bits per heavy atom. The van der Waals surface area contributed by atoms with Crippen LogP contribution in [0.3, 0.4) is 0 Å².